The highest BCUT2D eigenvalue weighted by Crippen LogP contribution is 2.27. The van der Waals surface area contributed by atoms with Gasteiger partial charge in [0.25, 0.3) is 0 Å². The molecule has 0 aliphatic carbocycles. The Hall–Kier alpha value is 0.980. The first kappa shape index (κ1) is 44.0. The molecular weight excluding hydrogens is 542 g/mol. The van der Waals surface area contributed by atoms with E-state index in [4.69, 9.17) is 39.6 Å². The van der Waals surface area contributed by atoms with E-state index in [1.165, 1.54) is 116 Å². The van der Waals surface area contributed by atoms with Crippen molar-refractivity contribution >= 4 is 37.1 Å². The summed E-state index contributed by atoms with van der Waals surface area (Å²) in [6, 6.07) is 0. The molecule has 0 rings (SSSR count). The van der Waals surface area contributed by atoms with Crippen LogP contribution in [0, 0.1) is 0 Å². The summed E-state index contributed by atoms with van der Waals surface area (Å²) in [5, 5.41) is 17.1. The molecule has 0 radical (unpaired) electrons. The molecule has 0 atom stereocenters. The standard InChI is InChI=1S/2C12H26O.2H3O3PS/c2*1-2-3-4-5-6-7-8-9-10-11-12-13;2*1-4(2,3)5/h2*13H,2-12H2,1H3;2*(H3,1,2,3,5). The van der Waals surface area contributed by atoms with Gasteiger partial charge in [-0.2, -0.15) is 0 Å². The molecule has 8 N–H and O–H groups in total. The van der Waals surface area contributed by atoms with Gasteiger partial charge in [-0.3, -0.25) is 0 Å². The molecule has 0 saturated carbocycles. The van der Waals surface area contributed by atoms with Crippen molar-refractivity contribution in [1.82, 2.24) is 0 Å². The van der Waals surface area contributed by atoms with Crippen LogP contribution in [0.4, 0.5) is 0 Å². The van der Waals surface area contributed by atoms with Crippen LogP contribution in [0.2, 0.25) is 0 Å². The summed E-state index contributed by atoms with van der Waals surface area (Å²) < 4.78 is 0. The average molecular weight is 601 g/mol. The second-order valence-electron chi connectivity index (χ2n) is 8.84. The van der Waals surface area contributed by atoms with Gasteiger partial charge in [-0.15, -0.1) is 0 Å². The molecule has 224 valence electrons. The van der Waals surface area contributed by atoms with Crippen LogP contribution in [-0.4, -0.2) is 52.8 Å². The highest BCUT2D eigenvalue weighted by Gasteiger charge is 1.93. The van der Waals surface area contributed by atoms with Crippen LogP contribution in [0.5, 0.6) is 0 Å². The van der Waals surface area contributed by atoms with E-state index in [0.29, 0.717) is 13.2 Å². The minimum atomic E-state index is -3.81. The van der Waals surface area contributed by atoms with Gasteiger partial charge in [0.15, 0.2) is 0 Å². The van der Waals surface area contributed by atoms with Crippen molar-refractivity contribution in [3.63, 3.8) is 0 Å². The van der Waals surface area contributed by atoms with E-state index in [2.05, 4.69) is 37.5 Å². The van der Waals surface area contributed by atoms with E-state index in [9.17, 15) is 0 Å². The summed E-state index contributed by atoms with van der Waals surface area (Å²) in [5.74, 6) is 0. The Labute approximate surface area is 231 Å². The number of aliphatic hydroxyl groups excluding tert-OH is 2. The maximum atomic E-state index is 8.57. The fraction of sp³-hybridized carbons (Fsp3) is 1.00. The average Bonchev–Trinajstić information content (AvgIpc) is 2.75. The van der Waals surface area contributed by atoms with Gasteiger partial charge < -0.3 is 39.6 Å². The van der Waals surface area contributed by atoms with E-state index in [-0.39, 0.29) is 0 Å². The first-order valence-electron chi connectivity index (χ1n) is 13.6. The van der Waals surface area contributed by atoms with Crippen LogP contribution in [0.3, 0.4) is 0 Å². The number of aliphatic hydroxyl groups is 2. The Morgan fingerprint density at radius 1 is 0.361 bits per heavy atom. The summed E-state index contributed by atoms with van der Waals surface area (Å²) in [6.07, 6.45) is 26.6. The second-order valence-corrected chi connectivity index (χ2v) is 13.8. The molecule has 0 aliphatic heterocycles. The van der Waals surface area contributed by atoms with Gasteiger partial charge in [-0.05, 0) is 36.5 Å². The fourth-order valence-corrected chi connectivity index (χ4v) is 3.20. The molecule has 0 unspecified atom stereocenters. The second kappa shape index (κ2) is 36.0. The molecule has 0 amide bonds. The summed E-state index contributed by atoms with van der Waals surface area (Å²) in [6.45, 7) is -2.35. The molecule has 8 nitrogen and oxygen atoms in total. The van der Waals surface area contributed by atoms with Crippen molar-refractivity contribution in [2.45, 2.75) is 142 Å². The zero-order valence-electron chi connectivity index (χ0n) is 22.8. The summed E-state index contributed by atoms with van der Waals surface area (Å²) in [4.78, 5) is 45.3. The molecule has 0 aliphatic rings. The zero-order chi connectivity index (χ0) is 28.6. The third-order valence-electron chi connectivity index (χ3n) is 5.02. The predicted molar refractivity (Wildman–Crippen MR) is 160 cm³/mol. The monoisotopic (exact) mass is 600 g/mol. The van der Waals surface area contributed by atoms with E-state index in [0.717, 1.165) is 12.8 Å². The smallest absolute Gasteiger partial charge is 0.319 e. The van der Waals surface area contributed by atoms with Gasteiger partial charge >= 0.3 is 13.4 Å². The molecule has 0 aromatic heterocycles. The third-order valence-corrected chi connectivity index (χ3v) is 5.02. The van der Waals surface area contributed by atoms with Crippen LogP contribution >= 0.6 is 13.4 Å². The normalized spacial score (nSPS) is 10.9. The summed E-state index contributed by atoms with van der Waals surface area (Å²) in [7, 11) is 0. The molecule has 0 aromatic carbocycles. The molecule has 0 bridgehead atoms. The van der Waals surface area contributed by atoms with E-state index in [1.54, 1.807) is 0 Å². The number of unbranched alkanes of at least 4 members (excludes halogenated alkanes) is 18. The van der Waals surface area contributed by atoms with Crippen LogP contribution < -0.4 is 0 Å². The van der Waals surface area contributed by atoms with E-state index in [1.807, 2.05) is 0 Å². The lowest BCUT2D eigenvalue weighted by molar-refractivity contribution is 0.282. The van der Waals surface area contributed by atoms with Crippen molar-refractivity contribution in [3.8, 4) is 0 Å². The molecule has 36 heavy (non-hydrogen) atoms. The molecule has 12 heteroatoms. The topological polar surface area (TPSA) is 162 Å². The van der Waals surface area contributed by atoms with Crippen molar-refractivity contribution in [1.29, 1.82) is 0 Å². The number of hydrogen-bond acceptors (Lipinski definition) is 4. The van der Waals surface area contributed by atoms with Crippen LogP contribution in [0.1, 0.15) is 142 Å². The van der Waals surface area contributed by atoms with Crippen molar-refractivity contribution < 1.29 is 39.6 Å². The molecule has 0 spiro atoms. The quantitative estimate of drug-likeness (QED) is 0.0599. The lowest BCUT2D eigenvalue weighted by Crippen LogP contribution is -1.84. The van der Waals surface area contributed by atoms with Gasteiger partial charge in [0.2, 0.25) is 0 Å². The van der Waals surface area contributed by atoms with Crippen LogP contribution in [-0.2, 0) is 23.6 Å². The zero-order valence-corrected chi connectivity index (χ0v) is 26.3. The molecule has 0 heterocycles. The summed E-state index contributed by atoms with van der Waals surface area (Å²) >= 11 is 7.21. The van der Waals surface area contributed by atoms with Crippen LogP contribution in [0.15, 0.2) is 0 Å². The van der Waals surface area contributed by atoms with Gasteiger partial charge in [0.1, 0.15) is 0 Å². The lowest BCUT2D eigenvalue weighted by atomic mass is 10.1. The third kappa shape index (κ3) is 91.8. The Morgan fingerprint density at radius 2 is 0.500 bits per heavy atom. The largest absolute Gasteiger partial charge is 0.396 e. The van der Waals surface area contributed by atoms with Gasteiger partial charge in [-0.1, -0.05) is 129 Å². The number of rotatable bonds is 20. The van der Waals surface area contributed by atoms with E-state index >= 15 is 0 Å². The fourth-order valence-electron chi connectivity index (χ4n) is 3.20. The van der Waals surface area contributed by atoms with Crippen molar-refractivity contribution in [3.05, 3.63) is 0 Å². The molecular formula is C24H58O8P2S2. The first-order valence-corrected chi connectivity index (χ1v) is 18.9. The van der Waals surface area contributed by atoms with Crippen molar-refractivity contribution in [2.75, 3.05) is 13.2 Å². The number of hydrogen-bond donors (Lipinski definition) is 8. The Balaban J connectivity index is -0.000000208. The highest BCUT2D eigenvalue weighted by molar-refractivity contribution is 8.06. The highest BCUT2D eigenvalue weighted by atomic mass is 32.5. The first-order chi connectivity index (χ1) is 16.8. The molecule has 0 aromatic rings. The molecule has 0 fully saturated rings. The van der Waals surface area contributed by atoms with Gasteiger partial charge in [0.05, 0.1) is 0 Å². The SMILES string of the molecule is CCCCCCCCCCCCO.CCCCCCCCCCCCO.OP(O)(O)=S.OP(O)(O)=S. The predicted octanol–water partition coefficient (Wildman–Crippen LogP) is 6.17. The van der Waals surface area contributed by atoms with Gasteiger partial charge in [0, 0.05) is 13.2 Å². The van der Waals surface area contributed by atoms with E-state index < -0.39 is 13.4 Å². The Bertz CT molecular complexity index is 399. The molecule has 0 saturated heterocycles. The minimum absolute atomic E-state index is 0.372. The van der Waals surface area contributed by atoms with Gasteiger partial charge in [-0.25, -0.2) is 0 Å². The maximum absolute atomic E-state index is 8.57. The Kier molecular flexibility index (Phi) is 44.0. The minimum Gasteiger partial charge on any atom is -0.396 e. The van der Waals surface area contributed by atoms with Crippen LogP contribution in [0.25, 0.3) is 0 Å². The Morgan fingerprint density at radius 3 is 0.639 bits per heavy atom. The maximum Gasteiger partial charge on any atom is 0.319 e. The summed E-state index contributed by atoms with van der Waals surface area (Å²) in [5.41, 5.74) is 0. The van der Waals surface area contributed by atoms with Crippen molar-refractivity contribution in [2.24, 2.45) is 0 Å². The lowest BCUT2D eigenvalue weighted by Gasteiger charge is -2.00.